The van der Waals surface area contributed by atoms with E-state index in [0.717, 1.165) is 11.4 Å². The molecule has 1 aromatic rings. The maximum atomic E-state index is 3.74. The molecule has 0 saturated carbocycles. The molecular weight excluding hydrogens is 182 g/mol. The summed E-state index contributed by atoms with van der Waals surface area (Å²) in [6.45, 7) is 11.3. The molecule has 0 aliphatic carbocycles. The zero-order valence-electron chi connectivity index (χ0n) is 9.53. The van der Waals surface area contributed by atoms with Gasteiger partial charge in [-0.1, -0.05) is 43.5 Å². The van der Waals surface area contributed by atoms with E-state index in [1.807, 2.05) is 56.3 Å². The summed E-state index contributed by atoms with van der Waals surface area (Å²) in [7, 11) is 0. The van der Waals surface area contributed by atoms with Crippen LogP contribution in [0.1, 0.15) is 13.8 Å². The fourth-order valence-electron chi connectivity index (χ4n) is 0.758. The van der Waals surface area contributed by atoms with Gasteiger partial charge in [0.05, 0.1) is 0 Å². The molecule has 0 spiro atoms. The second-order valence-electron chi connectivity index (χ2n) is 2.89. The van der Waals surface area contributed by atoms with Crippen molar-refractivity contribution in [1.82, 2.24) is 0 Å². The Labute approximate surface area is 92.8 Å². The molecule has 0 aliphatic rings. The number of allylic oxidation sites excluding steroid dienone is 3. The molecule has 0 heterocycles. The highest BCUT2D eigenvalue weighted by molar-refractivity contribution is 5.49. The van der Waals surface area contributed by atoms with Gasteiger partial charge in [-0.05, 0) is 32.1 Å². The minimum absolute atomic E-state index is 0.816. The van der Waals surface area contributed by atoms with Crippen LogP contribution in [-0.4, -0.2) is 0 Å². The van der Waals surface area contributed by atoms with Gasteiger partial charge in [0.25, 0.3) is 0 Å². The minimum atomic E-state index is 0.816. The molecule has 15 heavy (non-hydrogen) atoms. The number of rotatable bonds is 3. The zero-order chi connectivity index (χ0) is 11.5. The molecule has 0 radical (unpaired) electrons. The molecule has 0 fully saturated rings. The van der Waals surface area contributed by atoms with Crippen molar-refractivity contribution in [3.05, 3.63) is 67.4 Å². The first kappa shape index (κ1) is 13.2. The highest BCUT2D eigenvalue weighted by Crippen LogP contribution is 2.07. The third-order valence-corrected chi connectivity index (χ3v) is 1.66. The first-order valence-electron chi connectivity index (χ1n) is 4.95. The minimum Gasteiger partial charge on any atom is -0.356 e. The van der Waals surface area contributed by atoms with Crippen LogP contribution in [0.5, 0.6) is 0 Å². The number of hydrogen-bond acceptors (Lipinski definition) is 1. The Bertz CT molecular complexity index is 305. The van der Waals surface area contributed by atoms with Crippen molar-refractivity contribution in [2.75, 3.05) is 5.32 Å². The maximum Gasteiger partial charge on any atom is 0.0384 e. The van der Waals surface area contributed by atoms with Crippen LogP contribution in [0, 0.1) is 0 Å². The fraction of sp³-hybridized carbons (Fsp3) is 0.143. The van der Waals surface area contributed by atoms with Gasteiger partial charge in [-0.15, -0.1) is 0 Å². The smallest absolute Gasteiger partial charge is 0.0384 e. The van der Waals surface area contributed by atoms with Crippen molar-refractivity contribution < 1.29 is 0 Å². The Morgan fingerprint density at radius 1 is 1.13 bits per heavy atom. The van der Waals surface area contributed by atoms with Crippen LogP contribution in [0.3, 0.4) is 0 Å². The van der Waals surface area contributed by atoms with E-state index in [4.69, 9.17) is 0 Å². The molecule has 1 rings (SSSR count). The summed E-state index contributed by atoms with van der Waals surface area (Å²) in [5.41, 5.74) is 1.86. The van der Waals surface area contributed by atoms with E-state index in [2.05, 4.69) is 18.5 Å². The second-order valence-corrected chi connectivity index (χ2v) is 2.89. The van der Waals surface area contributed by atoms with Crippen LogP contribution in [0.25, 0.3) is 0 Å². The summed E-state index contributed by atoms with van der Waals surface area (Å²) in [6.07, 6.45) is 5.69. The fourth-order valence-corrected chi connectivity index (χ4v) is 0.758. The lowest BCUT2D eigenvalue weighted by Gasteiger charge is -2.03. The molecular formula is C14H19N. The van der Waals surface area contributed by atoms with Crippen molar-refractivity contribution in [3.63, 3.8) is 0 Å². The number of anilines is 1. The van der Waals surface area contributed by atoms with Crippen LogP contribution >= 0.6 is 0 Å². The lowest BCUT2D eigenvalue weighted by molar-refractivity contribution is 1.50. The summed E-state index contributed by atoms with van der Waals surface area (Å²) < 4.78 is 0. The maximum absolute atomic E-state index is 3.74. The van der Waals surface area contributed by atoms with Crippen LogP contribution in [0.4, 0.5) is 5.69 Å². The Kier molecular flexibility index (Phi) is 7.79. The van der Waals surface area contributed by atoms with E-state index in [9.17, 15) is 0 Å². The quantitative estimate of drug-likeness (QED) is 0.565. The molecule has 1 N–H and O–H groups in total. The first-order valence-corrected chi connectivity index (χ1v) is 4.95. The Morgan fingerprint density at radius 3 is 2.07 bits per heavy atom. The molecule has 0 bridgehead atoms. The standard InChI is InChI=1S/C10H11N.C4H8/c1-3-9(2)11-10-7-5-4-6-8-10;1-3-4-2/h3-8,11H,1-2H2;3-4H,1-2H3/b;4-3-. The van der Waals surface area contributed by atoms with Gasteiger partial charge in [0, 0.05) is 11.4 Å². The summed E-state index contributed by atoms with van der Waals surface area (Å²) >= 11 is 0. The van der Waals surface area contributed by atoms with Gasteiger partial charge in [0.1, 0.15) is 0 Å². The zero-order valence-corrected chi connectivity index (χ0v) is 9.53. The molecule has 1 nitrogen and oxygen atoms in total. The SMILES string of the molecule is C/C=C\C.C=CC(=C)Nc1ccccc1. The van der Waals surface area contributed by atoms with Crippen molar-refractivity contribution in [2.24, 2.45) is 0 Å². The predicted molar refractivity (Wildman–Crippen MR) is 69.9 cm³/mol. The van der Waals surface area contributed by atoms with Crippen LogP contribution in [-0.2, 0) is 0 Å². The number of benzene rings is 1. The molecule has 0 aromatic heterocycles. The Balaban J connectivity index is 0.000000423. The van der Waals surface area contributed by atoms with Gasteiger partial charge in [0.15, 0.2) is 0 Å². The second kappa shape index (κ2) is 8.82. The summed E-state index contributed by atoms with van der Waals surface area (Å²) in [4.78, 5) is 0. The topological polar surface area (TPSA) is 12.0 Å². The van der Waals surface area contributed by atoms with Crippen LogP contribution in [0.15, 0.2) is 67.4 Å². The van der Waals surface area contributed by atoms with E-state index < -0.39 is 0 Å². The summed E-state index contributed by atoms with van der Waals surface area (Å²) in [6, 6.07) is 9.88. The highest BCUT2D eigenvalue weighted by atomic mass is 14.9. The molecule has 0 atom stereocenters. The van der Waals surface area contributed by atoms with E-state index in [-0.39, 0.29) is 0 Å². The van der Waals surface area contributed by atoms with E-state index in [1.54, 1.807) is 6.08 Å². The molecule has 0 unspecified atom stereocenters. The molecule has 0 amide bonds. The van der Waals surface area contributed by atoms with Crippen molar-refractivity contribution >= 4 is 5.69 Å². The van der Waals surface area contributed by atoms with Gasteiger partial charge < -0.3 is 5.32 Å². The van der Waals surface area contributed by atoms with Crippen molar-refractivity contribution in [2.45, 2.75) is 13.8 Å². The number of hydrogen-bond donors (Lipinski definition) is 1. The molecule has 1 heteroatoms. The lowest BCUT2D eigenvalue weighted by Crippen LogP contribution is -1.93. The molecule has 0 aliphatic heterocycles. The average Bonchev–Trinajstić information content (AvgIpc) is 2.30. The van der Waals surface area contributed by atoms with Gasteiger partial charge in [-0.2, -0.15) is 0 Å². The number of nitrogens with one attached hydrogen (secondary N) is 1. The largest absolute Gasteiger partial charge is 0.356 e. The van der Waals surface area contributed by atoms with Gasteiger partial charge >= 0.3 is 0 Å². The molecule has 0 saturated heterocycles. The van der Waals surface area contributed by atoms with Gasteiger partial charge in [-0.25, -0.2) is 0 Å². The first-order chi connectivity index (χ1) is 7.24. The highest BCUT2D eigenvalue weighted by Gasteiger charge is 1.87. The van der Waals surface area contributed by atoms with E-state index in [1.165, 1.54) is 0 Å². The average molecular weight is 201 g/mol. The van der Waals surface area contributed by atoms with E-state index in [0.29, 0.717) is 0 Å². The monoisotopic (exact) mass is 201 g/mol. The predicted octanol–water partition coefficient (Wildman–Crippen LogP) is 4.38. The van der Waals surface area contributed by atoms with E-state index >= 15 is 0 Å². The van der Waals surface area contributed by atoms with Crippen LogP contribution in [0.2, 0.25) is 0 Å². The molecule has 80 valence electrons. The number of para-hydroxylation sites is 1. The van der Waals surface area contributed by atoms with Crippen molar-refractivity contribution in [3.8, 4) is 0 Å². The van der Waals surface area contributed by atoms with Crippen molar-refractivity contribution in [1.29, 1.82) is 0 Å². The van der Waals surface area contributed by atoms with Gasteiger partial charge in [-0.3, -0.25) is 0 Å². The Morgan fingerprint density at radius 2 is 1.67 bits per heavy atom. The normalized spacial score (nSPS) is 8.93. The Hall–Kier alpha value is -1.76. The third kappa shape index (κ3) is 7.32. The summed E-state index contributed by atoms with van der Waals surface area (Å²) in [5, 5.41) is 3.08. The molecule has 1 aromatic carbocycles. The van der Waals surface area contributed by atoms with Crippen LogP contribution < -0.4 is 5.32 Å². The third-order valence-electron chi connectivity index (χ3n) is 1.66. The lowest BCUT2D eigenvalue weighted by atomic mass is 10.3. The summed E-state index contributed by atoms with van der Waals surface area (Å²) in [5.74, 6) is 0. The van der Waals surface area contributed by atoms with Gasteiger partial charge in [0.2, 0.25) is 0 Å².